The number of ether oxygens (including phenoxy) is 2. The molecule has 0 heterocycles. The fourth-order valence-corrected chi connectivity index (χ4v) is 2.67. The standard InChI is InChI=1S/C13H15BrO4/c1-17-10-7-6-9(14)11(13(15)16)12(10)18-8-4-2-3-5-8/h6-8H,2-5H2,1H3,(H,15,16). The van der Waals surface area contributed by atoms with Gasteiger partial charge in [0.1, 0.15) is 5.56 Å². The lowest BCUT2D eigenvalue weighted by molar-refractivity contribution is 0.0687. The maximum Gasteiger partial charge on any atom is 0.340 e. The van der Waals surface area contributed by atoms with Crippen molar-refractivity contribution in [3.05, 3.63) is 22.2 Å². The van der Waals surface area contributed by atoms with Gasteiger partial charge in [0.2, 0.25) is 0 Å². The molecule has 1 fully saturated rings. The first-order chi connectivity index (χ1) is 8.63. The Morgan fingerprint density at radius 1 is 1.39 bits per heavy atom. The smallest absolute Gasteiger partial charge is 0.340 e. The Morgan fingerprint density at radius 2 is 2.06 bits per heavy atom. The first kappa shape index (κ1) is 13.2. The summed E-state index contributed by atoms with van der Waals surface area (Å²) in [7, 11) is 1.51. The molecule has 4 nitrogen and oxygen atoms in total. The first-order valence-electron chi connectivity index (χ1n) is 5.90. The van der Waals surface area contributed by atoms with Crippen molar-refractivity contribution in [2.75, 3.05) is 7.11 Å². The lowest BCUT2D eigenvalue weighted by Gasteiger charge is -2.18. The fourth-order valence-electron chi connectivity index (χ4n) is 2.19. The van der Waals surface area contributed by atoms with E-state index < -0.39 is 5.97 Å². The zero-order chi connectivity index (χ0) is 13.1. The van der Waals surface area contributed by atoms with E-state index in [1.165, 1.54) is 7.11 Å². The molecule has 0 unspecified atom stereocenters. The van der Waals surface area contributed by atoms with Gasteiger partial charge in [0.15, 0.2) is 11.5 Å². The molecular formula is C13H15BrO4. The molecule has 2 rings (SSSR count). The molecule has 0 aliphatic heterocycles. The van der Waals surface area contributed by atoms with Gasteiger partial charge in [-0.1, -0.05) is 0 Å². The van der Waals surface area contributed by atoms with Gasteiger partial charge < -0.3 is 14.6 Å². The Labute approximate surface area is 114 Å². The summed E-state index contributed by atoms with van der Waals surface area (Å²) in [4.78, 5) is 11.3. The van der Waals surface area contributed by atoms with Crippen molar-refractivity contribution < 1.29 is 19.4 Å². The summed E-state index contributed by atoms with van der Waals surface area (Å²) >= 11 is 3.24. The van der Waals surface area contributed by atoms with E-state index >= 15 is 0 Å². The van der Waals surface area contributed by atoms with E-state index in [0.717, 1.165) is 25.7 Å². The van der Waals surface area contributed by atoms with Crippen molar-refractivity contribution in [1.82, 2.24) is 0 Å². The Kier molecular flexibility index (Phi) is 4.11. The number of halogens is 1. The number of hydrogen-bond donors (Lipinski definition) is 1. The van der Waals surface area contributed by atoms with Crippen molar-refractivity contribution in [2.45, 2.75) is 31.8 Å². The lowest BCUT2D eigenvalue weighted by atomic mass is 10.2. The summed E-state index contributed by atoms with van der Waals surface area (Å²) in [6.07, 6.45) is 4.28. The predicted molar refractivity (Wildman–Crippen MR) is 70.5 cm³/mol. The summed E-state index contributed by atoms with van der Waals surface area (Å²) in [5, 5.41) is 9.27. The highest BCUT2D eigenvalue weighted by atomic mass is 79.9. The molecule has 1 aliphatic carbocycles. The minimum absolute atomic E-state index is 0.0892. The Balaban J connectivity index is 2.39. The van der Waals surface area contributed by atoms with Gasteiger partial charge in [-0.25, -0.2) is 4.79 Å². The van der Waals surface area contributed by atoms with E-state index in [1.807, 2.05) is 0 Å². The number of carboxylic acids is 1. The van der Waals surface area contributed by atoms with E-state index in [9.17, 15) is 9.90 Å². The number of aromatic carboxylic acids is 1. The van der Waals surface area contributed by atoms with Crippen molar-refractivity contribution in [3.63, 3.8) is 0 Å². The third kappa shape index (κ3) is 2.61. The molecule has 98 valence electrons. The average molecular weight is 315 g/mol. The number of rotatable bonds is 4. The molecule has 0 spiro atoms. The maximum atomic E-state index is 11.3. The summed E-state index contributed by atoms with van der Waals surface area (Å²) in [6, 6.07) is 3.37. The van der Waals surface area contributed by atoms with Gasteiger partial charge >= 0.3 is 5.97 Å². The molecule has 0 amide bonds. The van der Waals surface area contributed by atoms with E-state index in [2.05, 4.69) is 15.9 Å². The van der Waals surface area contributed by atoms with Gasteiger partial charge in [-0.2, -0.15) is 0 Å². The van der Waals surface area contributed by atoms with E-state index in [0.29, 0.717) is 16.0 Å². The summed E-state index contributed by atoms with van der Waals surface area (Å²) in [6.45, 7) is 0. The van der Waals surface area contributed by atoms with Gasteiger partial charge in [-0.3, -0.25) is 0 Å². The van der Waals surface area contributed by atoms with E-state index in [-0.39, 0.29) is 11.7 Å². The average Bonchev–Trinajstić information content (AvgIpc) is 2.82. The number of benzene rings is 1. The summed E-state index contributed by atoms with van der Waals surface area (Å²) < 4.78 is 11.5. The molecule has 1 N–H and O–H groups in total. The van der Waals surface area contributed by atoms with Crippen LogP contribution in [-0.2, 0) is 0 Å². The lowest BCUT2D eigenvalue weighted by Crippen LogP contribution is -2.15. The van der Waals surface area contributed by atoms with Crippen LogP contribution < -0.4 is 9.47 Å². The molecule has 0 aromatic heterocycles. The molecule has 1 aromatic rings. The molecule has 0 radical (unpaired) electrons. The summed E-state index contributed by atoms with van der Waals surface area (Å²) in [5.74, 6) is -0.234. The molecule has 0 bridgehead atoms. The van der Waals surface area contributed by atoms with Gasteiger partial charge in [-0.15, -0.1) is 0 Å². The Bertz CT molecular complexity index is 453. The minimum atomic E-state index is -1.02. The Morgan fingerprint density at radius 3 is 2.61 bits per heavy atom. The van der Waals surface area contributed by atoms with E-state index in [1.54, 1.807) is 12.1 Å². The second-order valence-corrected chi connectivity index (χ2v) is 5.14. The Hall–Kier alpha value is -1.23. The first-order valence-corrected chi connectivity index (χ1v) is 6.69. The predicted octanol–water partition coefficient (Wildman–Crippen LogP) is 3.48. The molecule has 0 saturated heterocycles. The van der Waals surface area contributed by atoms with Crippen LogP contribution in [0.25, 0.3) is 0 Å². The number of methoxy groups -OCH3 is 1. The second kappa shape index (κ2) is 5.61. The highest BCUT2D eigenvalue weighted by Gasteiger charge is 2.25. The van der Waals surface area contributed by atoms with Crippen molar-refractivity contribution in [1.29, 1.82) is 0 Å². The highest BCUT2D eigenvalue weighted by Crippen LogP contribution is 2.38. The molecule has 1 saturated carbocycles. The SMILES string of the molecule is COc1ccc(Br)c(C(=O)O)c1OC1CCCC1. The van der Waals surface area contributed by atoms with Gasteiger partial charge in [0, 0.05) is 4.47 Å². The topological polar surface area (TPSA) is 55.8 Å². The van der Waals surface area contributed by atoms with Crippen molar-refractivity contribution >= 4 is 21.9 Å². The maximum absolute atomic E-state index is 11.3. The van der Waals surface area contributed by atoms with E-state index in [4.69, 9.17) is 9.47 Å². The highest BCUT2D eigenvalue weighted by molar-refractivity contribution is 9.10. The number of carbonyl (C=O) groups is 1. The number of carboxylic acid groups (broad SMARTS) is 1. The summed E-state index contributed by atoms with van der Waals surface area (Å²) in [5.41, 5.74) is 0.126. The third-order valence-corrected chi connectivity index (χ3v) is 3.75. The quantitative estimate of drug-likeness (QED) is 0.924. The van der Waals surface area contributed by atoms with Gasteiger partial charge in [0.05, 0.1) is 13.2 Å². The van der Waals surface area contributed by atoms with Crippen LogP contribution in [0.15, 0.2) is 16.6 Å². The second-order valence-electron chi connectivity index (χ2n) is 4.28. The molecule has 18 heavy (non-hydrogen) atoms. The van der Waals surface area contributed by atoms with Crippen LogP contribution in [0.4, 0.5) is 0 Å². The van der Waals surface area contributed by atoms with Crippen molar-refractivity contribution in [3.8, 4) is 11.5 Å². The van der Waals surface area contributed by atoms with Crippen LogP contribution >= 0.6 is 15.9 Å². The molecule has 1 aromatic carbocycles. The third-order valence-electron chi connectivity index (χ3n) is 3.09. The van der Waals surface area contributed by atoms with Crippen LogP contribution in [-0.4, -0.2) is 24.3 Å². The normalized spacial score (nSPS) is 15.7. The van der Waals surface area contributed by atoms with Gasteiger partial charge in [0.25, 0.3) is 0 Å². The minimum Gasteiger partial charge on any atom is -0.493 e. The number of hydrogen-bond acceptors (Lipinski definition) is 3. The van der Waals surface area contributed by atoms with Crippen molar-refractivity contribution in [2.24, 2.45) is 0 Å². The largest absolute Gasteiger partial charge is 0.493 e. The molecule has 0 atom stereocenters. The molecule has 5 heteroatoms. The van der Waals surface area contributed by atoms with Crippen LogP contribution in [0.5, 0.6) is 11.5 Å². The van der Waals surface area contributed by atoms with Crippen LogP contribution in [0.1, 0.15) is 36.0 Å². The van der Waals surface area contributed by atoms with Gasteiger partial charge in [-0.05, 0) is 53.7 Å². The van der Waals surface area contributed by atoms with Crippen LogP contribution in [0.3, 0.4) is 0 Å². The monoisotopic (exact) mass is 314 g/mol. The van der Waals surface area contributed by atoms with Crippen LogP contribution in [0.2, 0.25) is 0 Å². The molecule has 1 aliphatic rings. The zero-order valence-corrected chi connectivity index (χ0v) is 11.7. The zero-order valence-electron chi connectivity index (χ0n) is 10.1. The fraction of sp³-hybridized carbons (Fsp3) is 0.462. The van der Waals surface area contributed by atoms with Crippen LogP contribution in [0, 0.1) is 0 Å². The molecular weight excluding hydrogens is 300 g/mol.